The van der Waals surface area contributed by atoms with E-state index in [2.05, 4.69) is 164 Å². The molecule has 0 atom stereocenters. The van der Waals surface area contributed by atoms with Gasteiger partial charge >= 0.3 is 0 Å². The highest BCUT2D eigenvalue weighted by Gasteiger charge is 2.51. The van der Waals surface area contributed by atoms with E-state index in [0.717, 1.165) is 61.6 Å². The molecule has 0 bridgehead atoms. The van der Waals surface area contributed by atoms with Crippen molar-refractivity contribution in [2.45, 2.75) is 5.41 Å². The van der Waals surface area contributed by atoms with E-state index >= 15 is 0 Å². The van der Waals surface area contributed by atoms with Crippen LogP contribution in [-0.2, 0) is 5.41 Å². The summed E-state index contributed by atoms with van der Waals surface area (Å²) in [6, 6.07) is 70.1. The molecule has 9 aromatic rings. The van der Waals surface area contributed by atoms with Gasteiger partial charge in [0.15, 0.2) is 17.5 Å². The van der Waals surface area contributed by atoms with Crippen molar-refractivity contribution in [3.8, 4) is 79.0 Å². The Morgan fingerprint density at radius 1 is 0.304 bits per heavy atom. The Bertz CT molecular complexity index is 2890. The number of aromatic nitrogens is 3. The first-order valence-electron chi connectivity index (χ1n) is 18.9. The number of hydrogen-bond donors (Lipinski definition) is 0. The molecular formula is C52H33N3O. The zero-order chi connectivity index (χ0) is 37.1. The van der Waals surface area contributed by atoms with Crippen LogP contribution in [0.5, 0.6) is 11.5 Å². The summed E-state index contributed by atoms with van der Waals surface area (Å²) in [7, 11) is 0. The Hall–Kier alpha value is -7.43. The SMILES string of the molecule is c1ccc(-c2cccc(-c3ccc(-c4nc(-c5ccccc5)nc(-c5cccc6c5-c5ccccc5C65c6ccccc6Oc6ccccc65)n4)cc3)c2)cc1. The lowest BCUT2D eigenvalue weighted by Gasteiger charge is -2.39. The van der Waals surface area contributed by atoms with Crippen molar-refractivity contribution >= 4 is 0 Å². The molecule has 0 unspecified atom stereocenters. The van der Waals surface area contributed by atoms with Crippen LogP contribution < -0.4 is 4.74 Å². The van der Waals surface area contributed by atoms with Crippen molar-refractivity contribution in [3.05, 3.63) is 222 Å². The molecule has 2 heterocycles. The van der Waals surface area contributed by atoms with E-state index in [1.807, 2.05) is 36.4 Å². The first-order valence-corrected chi connectivity index (χ1v) is 18.9. The quantitative estimate of drug-likeness (QED) is 0.178. The van der Waals surface area contributed by atoms with Crippen molar-refractivity contribution in [2.75, 3.05) is 0 Å². The number of nitrogens with zero attached hydrogens (tertiary/aromatic N) is 3. The second-order valence-electron chi connectivity index (χ2n) is 14.3. The Morgan fingerprint density at radius 3 is 1.39 bits per heavy atom. The lowest BCUT2D eigenvalue weighted by atomic mass is 9.66. The second kappa shape index (κ2) is 12.9. The zero-order valence-electron chi connectivity index (χ0n) is 30.3. The minimum absolute atomic E-state index is 0.584. The summed E-state index contributed by atoms with van der Waals surface area (Å²) in [6.45, 7) is 0. The fourth-order valence-electron chi connectivity index (χ4n) is 8.75. The average molecular weight is 716 g/mol. The molecule has 0 N–H and O–H groups in total. The monoisotopic (exact) mass is 715 g/mol. The van der Waals surface area contributed by atoms with E-state index in [0.29, 0.717) is 17.5 Å². The number of rotatable bonds is 5. The average Bonchev–Trinajstić information content (AvgIpc) is 3.58. The van der Waals surface area contributed by atoms with E-state index in [1.54, 1.807) is 0 Å². The first-order chi connectivity index (χ1) is 27.8. The van der Waals surface area contributed by atoms with Crippen LogP contribution in [0.15, 0.2) is 200 Å². The van der Waals surface area contributed by atoms with Gasteiger partial charge in [0, 0.05) is 27.8 Å². The number of ether oxygens (including phenoxy) is 1. The van der Waals surface area contributed by atoms with Gasteiger partial charge in [0.1, 0.15) is 11.5 Å². The van der Waals surface area contributed by atoms with Crippen molar-refractivity contribution in [1.82, 2.24) is 15.0 Å². The number of fused-ring (bicyclic) bond motifs is 9. The van der Waals surface area contributed by atoms with Crippen LogP contribution in [0.2, 0.25) is 0 Å². The van der Waals surface area contributed by atoms with Crippen LogP contribution in [0, 0.1) is 0 Å². The maximum atomic E-state index is 6.57. The standard InChI is InChI=1S/C52H33N3O/c1-3-15-34(16-4-1)38-19-13-20-39(33-38)35-29-31-37(32-30-35)50-53-49(36-17-5-2-6-18-36)54-51(55-50)41-22-14-26-45-48(41)40-21-7-8-23-42(40)52(45)43-24-9-11-27-46(43)56-47-28-12-10-25-44(47)52/h1-33H. The zero-order valence-corrected chi connectivity index (χ0v) is 30.3. The van der Waals surface area contributed by atoms with Crippen LogP contribution in [0.3, 0.4) is 0 Å². The van der Waals surface area contributed by atoms with Gasteiger partial charge in [-0.3, -0.25) is 0 Å². The van der Waals surface area contributed by atoms with E-state index < -0.39 is 5.41 Å². The Kier molecular flexibility index (Phi) is 7.36. The summed E-state index contributed by atoms with van der Waals surface area (Å²) in [6.07, 6.45) is 0. The van der Waals surface area contributed by atoms with Gasteiger partial charge in [-0.05, 0) is 62.7 Å². The molecule has 0 saturated heterocycles. The Morgan fingerprint density at radius 2 is 0.732 bits per heavy atom. The Balaban J connectivity index is 1.09. The predicted molar refractivity (Wildman–Crippen MR) is 224 cm³/mol. The molecule has 56 heavy (non-hydrogen) atoms. The molecule has 0 fully saturated rings. The van der Waals surface area contributed by atoms with Gasteiger partial charge in [0.25, 0.3) is 0 Å². The van der Waals surface area contributed by atoms with Gasteiger partial charge in [-0.2, -0.15) is 0 Å². The fraction of sp³-hybridized carbons (Fsp3) is 0.0192. The molecule has 262 valence electrons. The molecule has 4 heteroatoms. The van der Waals surface area contributed by atoms with Crippen molar-refractivity contribution in [2.24, 2.45) is 0 Å². The lowest BCUT2D eigenvalue weighted by Crippen LogP contribution is -2.32. The van der Waals surface area contributed by atoms with Crippen molar-refractivity contribution in [3.63, 3.8) is 0 Å². The van der Waals surface area contributed by atoms with E-state index in [1.165, 1.54) is 22.3 Å². The van der Waals surface area contributed by atoms with Crippen LogP contribution >= 0.6 is 0 Å². The highest BCUT2D eigenvalue weighted by atomic mass is 16.5. The topological polar surface area (TPSA) is 47.9 Å². The molecule has 2 aliphatic rings. The van der Waals surface area contributed by atoms with Gasteiger partial charge in [-0.25, -0.2) is 15.0 Å². The van der Waals surface area contributed by atoms with Gasteiger partial charge < -0.3 is 4.74 Å². The maximum Gasteiger partial charge on any atom is 0.164 e. The van der Waals surface area contributed by atoms with Gasteiger partial charge in [0.2, 0.25) is 0 Å². The highest BCUT2D eigenvalue weighted by Crippen LogP contribution is 2.63. The normalized spacial score (nSPS) is 12.9. The molecular weight excluding hydrogens is 683 g/mol. The van der Waals surface area contributed by atoms with Crippen molar-refractivity contribution in [1.29, 1.82) is 0 Å². The van der Waals surface area contributed by atoms with E-state index in [-0.39, 0.29) is 0 Å². The fourth-order valence-corrected chi connectivity index (χ4v) is 8.75. The number of para-hydroxylation sites is 2. The van der Waals surface area contributed by atoms with Crippen LogP contribution in [0.4, 0.5) is 0 Å². The summed E-state index contributed by atoms with van der Waals surface area (Å²) in [5.74, 6) is 3.61. The van der Waals surface area contributed by atoms with E-state index in [9.17, 15) is 0 Å². The molecule has 1 aliphatic carbocycles. The summed E-state index contributed by atoms with van der Waals surface area (Å²) >= 11 is 0. The van der Waals surface area contributed by atoms with E-state index in [4.69, 9.17) is 19.7 Å². The minimum Gasteiger partial charge on any atom is -0.457 e. The van der Waals surface area contributed by atoms with Gasteiger partial charge in [-0.15, -0.1) is 0 Å². The Labute approximate surface area is 325 Å². The molecule has 1 aromatic heterocycles. The van der Waals surface area contributed by atoms with Gasteiger partial charge in [-0.1, -0.05) is 182 Å². The smallest absolute Gasteiger partial charge is 0.164 e. The minimum atomic E-state index is -0.584. The van der Waals surface area contributed by atoms with Crippen LogP contribution in [0.1, 0.15) is 22.3 Å². The molecule has 0 radical (unpaired) electrons. The molecule has 0 amide bonds. The number of hydrogen-bond acceptors (Lipinski definition) is 4. The van der Waals surface area contributed by atoms with Crippen molar-refractivity contribution < 1.29 is 4.74 Å². The maximum absolute atomic E-state index is 6.57. The number of benzene rings is 8. The van der Waals surface area contributed by atoms with Gasteiger partial charge in [0.05, 0.1) is 5.41 Å². The highest BCUT2D eigenvalue weighted by molar-refractivity contribution is 5.95. The summed E-state index contributed by atoms with van der Waals surface area (Å²) in [5, 5.41) is 0. The molecule has 8 aromatic carbocycles. The third kappa shape index (κ3) is 4.96. The largest absolute Gasteiger partial charge is 0.457 e. The summed E-state index contributed by atoms with van der Waals surface area (Å²) in [4.78, 5) is 15.6. The molecule has 0 saturated carbocycles. The van der Waals surface area contributed by atoms with Crippen LogP contribution in [0.25, 0.3) is 67.5 Å². The summed E-state index contributed by atoms with van der Waals surface area (Å²) < 4.78 is 6.57. The third-order valence-electron chi connectivity index (χ3n) is 11.2. The lowest BCUT2D eigenvalue weighted by molar-refractivity contribution is 0.436. The first kappa shape index (κ1) is 32.0. The second-order valence-corrected chi connectivity index (χ2v) is 14.3. The summed E-state index contributed by atoms with van der Waals surface area (Å²) in [5.41, 5.74) is 13.8. The van der Waals surface area contributed by atoms with Crippen LogP contribution in [-0.4, -0.2) is 15.0 Å². The third-order valence-corrected chi connectivity index (χ3v) is 11.2. The molecule has 4 nitrogen and oxygen atoms in total. The molecule has 11 rings (SSSR count). The predicted octanol–water partition coefficient (Wildman–Crippen LogP) is 12.7. The molecule has 1 aliphatic heterocycles. The molecule has 1 spiro atoms.